The quantitative estimate of drug-likeness (QED) is 0.664. The van der Waals surface area contributed by atoms with E-state index in [0.29, 0.717) is 18.5 Å². The van der Waals surface area contributed by atoms with Gasteiger partial charge < -0.3 is 0 Å². The Bertz CT molecular complexity index is 688. The molecule has 1 heterocycles. The first-order valence-electron chi connectivity index (χ1n) is 8.80. The van der Waals surface area contributed by atoms with Gasteiger partial charge in [0.15, 0.2) is 0 Å². The van der Waals surface area contributed by atoms with E-state index in [1.807, 2.05) is 0 Å². The highest BCUT2D eigenvalue weighted by Crippen LogP contribution is 2.27. The van der Waals surface area contributed by atoms with Crippen molar-refractivity contribution in [3.8, 4) is 0 Å². The molecule has 0 aromatic heterocycles. The maximum atomic E-state index is 11.1. The molecule has 0 amide bonds. The van der Waals surface area contributed by atoms with Gasteiger partial charge in [-0.3, -0.25) is 14.6 Å². The van der Waals surface area contributed by atoms with E-state index >= 15 is 0 Å². The summed E-state index contributed by atoms with van der Waals surface area (Å²) in [4.78, 5) is 15.8. The number of nitrogens with zero attached hydrogens (tertiary/aromatic N) is 2. The topological polar surface area (TPSA) is 23.6 Å². The maximum Gasteiger partial charge on any atom is 0.235 e. The summed E-state index contributed by atoms with van der Waals surface area (Å²) in [5.74, 6) is 0.560. The Labute approximate surface area is 163 Å². The van der Waals surface area contributed by atoms with Gasteiger partial charge in [0.1, 0.15) is 0 Å². The van der Waals surface area contributed by atoms with E-state index in [2.05, 4.69) is 75.1 Å². The Morgan fingerprint density at radius 2 is 2.20 bits per heavy atom. The van der Waals surface area contributed by atoms with Gasteiger partial charge in [0.25, 0.3) is 0 Å². The number of allylic oxidation sites excluding steroid dienone is 3. The highest BCUT2D eigenvalue weighted by atomic mass is 79.9. The molecule has 25 heavy (non-hydrogen) atoms. The predicted octanol–water partition coefficient (Wildman–Crippen LogP) is 4.18. The lowest BCUT2D eigenvalue weighted by Gasteiger charge is -2.40. The molecule has 2 atom stereocenters. The van der Waals surface area contributed by atoms with Gasteiger partial charge in [0, 0.05) is 36.7 Å². The average molecular weight is 424 g/mol. The molecule has 1 unspecified atom stereocenters. The number of carbonyl (C=O) groups excluding carboxylic acids is 1. The third-order valence-corrected chi connectivity index (χ3v) is 5.63. The Morgan fingerprint density at radius 3 is 2.84 bits per heavy atom. The van der Waals surface area contributed by atoms with Gasteiger partial charge in [-0.2, -0.15) is 0 Å². The molecular weight excluding hydrogens is 400 g/mol. The van der Waals surface area contributed by atoms with E-state index in [0.717, 1.165) is 37.1 Å². The van der Waals surface area contributed by atoms with Crippen LogP contribution < -0.4 is 0 Å². The maximum absolute atomic E-state index is 11.1. The number of hydrogen-bond donors (Lipinski definition) is 0. The minimum Gasteiger partial charge on any atom is -0.300 e. The van der Waals surface area contributed by atoms with E-state index in [-0.39, 0.29) is 5.24 Å². The molecule has 1 fully saturated rings. The van der Waals surface area contributed by atoms with Crippen LogP contribution in [0.2, 0.25) is 0 Å². The smallest absolute Gasteiger partial charge is 0.235 e. The van der Waals surface area contributed by atoms with Crippen molar-refractivity contribution < 1.29 is 4.79 Å². The molecule has 3 nitrogen and oxygen atoms in total. The first-order valence-corrected chi connectivity index (χ1v) is 9.97. The fraction of sp³-hybridized carbons (Fsp3) is 0.450. The lowest BCUT2D eigenvalue weighted by Crippen LogP contribution is -2.53. The van der Waals surface area contributed by atoms with Crippen molar-refractivity contribution in [2.75, 3.05) is 32.7 Å². The fourth-order valence-corrected chi connectivity index (χ4v) is 4.20. The monoisotopic (exact) mass is 422 g/mol. The number of halogens is 2. The zero-order valence-corrected chi connectivity index (χ0v) is 16.8. The van der Waals surface area contributed by atoms with E-state index < -0.39 is 0 Å². The molecule has 1 saturated heterocycles. The summed E-state index contributed by atoms with van der Waals surface area (Å²) in [6.45, 7) is 6.52. The molecule has 0 saturated carbocycles. The van der Waals surface area contributed by atoms with Gasteiger partial charge in [0.05, 0.1) is 6.54 Å². The summed E-state index contributed by atoms with van der Waals surface area (Å²) in [5.41, 5.74) is 2.56. The lowest BCUT2D eigenvalue weighted by molar-refractivity contribution is -0.113. The predicted molar refractivity (Wildman–Crippen MR) is 108 cm³/mol. The Morgan fingerprint density at radius 1 is 1.36 bits per heavy atom. The second kappa shape index (κ2) is 8.63. The van der Waals surface area contributed by atoms with Crippen molar-refractivity contribution in [3.63, 3.8) is 0 Å². The molecule has 3 rings (SSSR count). The van der Waals surface area contributed by atoms with Gasteiger partial charge in [-0.1, -0.05) is 46.3 Å². The number of rotatable bonds is 5. The zero-order valence-electron chi connectivity index (χ0n) is 14.5. The van der Waals surface area contributed by atoms with E-state index in [1.165, 1.54) is 11.1 Å². The first kappa shape index (κ1) is 18.8. The van der Waals surface area contributed by atoms with Gasteiger partial charge in [0.2, 0.25) is 5.24 Å². The second-order valence-electron chi connectivity index (χ2n) is 6.96. The van der Waals surface area contributed by atoms with E-state index in [4.69, 9.17) is 11.6 Å². The van der Waals surface area contributed by atoms with Crippen molar-refractivity contribution >= 4 is 38.3 Å². The summed E-state index contributed by atoms with van der Waals surface area (Å²) >= 11 is 9.07. The van der Waals surface area contributed by atoms with E-state index in [1.54, 1.807) is 0 Å². The third-order valence-electron chi connectivity index (χ3n) is 5.02. The highest BCUT2D eigenvalue weighted by Gasteiger charge is 2.26. The van der Waals surface area contributed by atoms with Crippen LogP contribution in [0, 0.1) is 5.92 Å². The number of piperazine rings is 1. The molecule has 0 spiro atoms. The molecule has 0 bridgehead atoms. The normalized spacial score (nSPS) is 25.0. The van der Waals surface area contributed by atoms with Gasteiger partial charge >= 0.3 is 0 Å². The molecule has 1 aliphatic carbocycles. The Balaban J connectivity index is 1.51. The highest BCUT2D eigenvalue weighted by molar-refractivity contribution is 9.10. The second-order valence-corrected chi connectivity index (χ2v) is 8.30. The first-order chi connectivity index (χ1) is 12.0. The van der Waals surface area contributed by atoms with E-state index in [9.17, 15) is 4.79 Å². The summed E-state index contributed by atoms with van der Waals surface area (Å²) in [6.07, 6.45) is 8.02. The molecule has 1 aliphatic heterocycles. The van der Waals surface area contributed by atoms with Crippen molar-refractivity contribution in [1.29, 1.82) is 0 Å². The molecule has 134 valence electrons. The Hall–Kier alpha value is -0.940. The minimum atomic E-state index is -0.263. The average Bonchev–Trinajstić information content (AvgIpc) is 2.58. The van der Waals surface area contributed by atoms with Crippen molar-refractivity contribution in [2.24, 2.45) is 5.92 Å². The van der Waals surface area contributed by atoms with Crippen LogP contribution in [-0.2, 0) is 4.79 Å². The van der Waals surface area contributed by atoms with Crippen molar-refractivity contribution in [2.45, 2.75) is 19.4 Å². The zero-order chi connectivity index (χ0) is 17.8. The van der Waals surface area contributed by atoms with Gasteiger partial charge in [-0.05, 0) is 54.1 Å². The number of carbonyl (C=O) groups is 1. The van der Waals surface area contributed by atoms with Crippen molar-refractivity contribution in [3.05, 3.63) is 52.5 Å². The van der Waals surface area contributed by atoms with Crippen LogP contribution in [0.15, 0.2) is 47.0 Å². The van der Waals surface area contributed by atoms with Gasteiger partial charge in [-0.25, -0.2) is 0 Å². The molecule has 1 aromatic carbocycles. The van der Waals surface area contributed by atoms with Gasteiger partial charge in [-0.15, -0.1) is 0 Å². The summed E-state index contributed by atoms with van der Waals surface area (Å²) in [5, 5.41) is -0.263. The van der Waals surface area contributed by atoms with Crippen LogP contribution in [-0.4, -0.2) is 53.8 Å². The molecule has 0 radical (unpaired) electrons. The molecule has 5 heteroatoms. The molecule has 1 aromatic rings. The minimum absolute atomic E-state index is 0.263. The molecular formula is C20H24BrClN2O. The summed E-state index contributed by atoms with van der Waals surface area (Å²) in [6, 6.07) is 8.82. The SMILES string of the molecule is C[C@@H]1CN(CC2C=CC(c3cccc(Br)c3)=CC2)CCN1CC(=O)Cl. The van der Waals surface area contributed by atoms with Crippen LogP contribution in [0.4, 0.5) is 0 Å². The standard InChI is InChI=1S/C20H24BrClN2O/c1-15-12-23(9-10-24(15)14-20(22)25)13-16-5-7-17(8-6-16)18-3-2-4-19(21)11-18/h2-5,7-8,11,15-16H,6,9-10,12-14H2,1H3/t15-,16?/m1/s1. The van der Waals surface area contributed by atoms with Crippen LogP contribution >= 0.6 is 27.5 Å². The molecule has 2 aliphatic rings. The number of benzene rings is 1. The third kappa shape index (κ3) is 5.27. The largest absolute Gasteiger partial charge is 0.300 e. The van der Waals surface area contributed by atoms with Crippen LogP contribution in [0.25, 0.3) is 5.57 Å². The van der Waals surface area contributed by atoms with Crippen LogP contribution in [0.3, 0.4) is 0 Å². The van der Waals surface area contributed by atoms with Crippen LogP contribution in [0.1, 0.15) is 18.9 Å². The summed E-state index contributed by atoms with van der Waals surface area (Å²) < 4.78 is 1.11. The summed E-state index contributed by atoms with van der Waals surface area (Å²) in [7, 11) is 0. The number of hydrogen-bond acceptors (Lipinski definition) is 3. The molecule has 0 N–H and O–H groups in total. The van der Waals surface area contributed by atoms with Crippen molar-refractivity contribution in [1.82, 2.24) is 9.80 Å². The van der Waals surface area contributed by atoms with Crippen LogP contribution in [0.5, 0.6) is 0 Å². The Kier molecular flexibility index (Phi) is 6.50. The lowest BCUT2D eigenvalue weighted by atomic mass is 9.92. The fourth-order valence-electron chi connectivity index (χ4n) is 3.64.